The molecule has 4 N–H and O–H groups in total. The van der Waals surface area contributed by atoms with Gasteiger partial charge in [0.2, 0.25) is 11.9 Å². The molecule has 0 bridgehead atoms. The van der Waals surface area contributed by atoms with Crippen molar-refractivity contribution < 1.29 is 4.79 Å². The quantitative estimate of drug-likeness (QED) is 0.646. The van der Waals surface area contributed by atoms with Gasteiger partial charge in [0.25, 0.3) is 0 Å². The van der Waals surface area contributed by atoms with Gasteiger partial charge in [0.1, 0.15) is 0 Å². The van der Waals surface area contributed by atoms with Crippen LogP contribution in [0.4, 0.5) is 11.9 Å². The van der Waals surface area contributed by atoms with Gasteiger partial charge in [-0.25, -0.2) is 5.10 Å². The monoisotopic (exact) mass is 223 g/mol. The fourth-order valence-electron chi connectivity index (χ4n) is 1.28. The Morgan fingerprint density at radius 3 is 2.56 bits per heavy atom. The third-order valence-corrected chi connectivity index (χ3v) is 2.16. The van der Waals surface area contributed by atoms with E-state index in [0.717, 1.165) is 0 Å². The fourth-order valence-corrected chi connectivity index (χ4v) is 1.28. The molecule has 0 radical (unpaired) electrons. The van der Waals surface area contributed by atoms with Gasteiger partial charge in [-0.15, -0.1) is 5.10 Å². The average molecular weight is 223 g/mol. The molecule has 1 unspecified atom stereocenters. The van der Waals surface area contributed by atoms with Gasteiger partial charge < -0.3 is 11.1 Å². The highest BCUT2D eigenvalue weighted by molar-refractivity contribution is 6.00. The van der Waals surface area contributed by atoms with E-state index in [1.165, 1.54) is 0 Å². The third-order valence-electron chi connectivity index (χ3n) is 2.16. The molecule has 0 aliphatic heterocycles. The van der Waals surface area contributed by atoms with Crippen LogP contribution >= 0.6 is 0 Å². The lowest BCUT2D eigenvalue weighted by Gasteiger charge is -2.20. The number of nitrogens with two attached hydrogens (primary N) is 1. The summed E-state index contributed by atoms with van der Waals surface area (Å²) in [6.45, 7) is 9.21. The number of rotatable bonds is 5. The molecule has 0 aliphatic rings. The second-order valence-corrected chi connectivity index (χ2v) is 4.05. The average Bonchev–Trinajstić information content (AvgIpc) is 2.59. The summed E-state index contributed by atoms with van der Waals surface area (Å²) >= 11 is 0. The van der Waals surface area contributed by atoms with Crippen molar-refractivity contribution in [3.8, 4) is 0 Å². The number of nitrogens with zero attached hydrogens (tertiary/aromatic N) is 2. The molecule has 0 amide bonds. The van der Waals surface area contributed by atoms with Crippen molar-refractivity contribution in [1.82, 2.24) is 15.2 Å². The van der Waals surface area contributed by atoms with E-state index in [2.05, 4.69) is 27.1 Å². The van der Waals surface area contributed by atoms with Crippen LogP contribution in [0.5, 0.6) is 0 Å². The number of nitrogen functional groups attached to an aromatic ring is 1. The first-order valence-electron chi connectivity index (χ1n) is 5.06. The van der Waals surface area contributed by atoms with Crippen LogP contribution in [0.2, 0.25) is 0 Å². The largest absolute Gasteiger partial charge is 0.368 e. The number of aromatic nitrogens is 3. The molecule has 16 heavy (non-hydrogen) atoms. The highest BCUT2D eigenvalue weighted by atomic mass is 16.1. The molecule has 0 fully saturated rings. The number of hydrogen-bond donors (Lipinski definition) is 3. The van der Waals surface area contributed by atoms with Gasteiger partial charge in [0.15, 0.2) is 5.78 Å². The van der Waals surface area contributed by atoms with Gasteiger partial charge >= 0.3 is 0 Å². The van der Waals surface area contributed by atoms with E-state index in [4.69, 9.17) is 5.73 Å². The smallest absolute Gasteiger partial charge is 0.244 e. The van der Waals surface area contributed by atoms with E-state index in [1.807, 2.05) is 13.8 Å². The van der Waals surface area contributed by atoms with Crippen molar-refractivity contribution in [2.45, 2.75) is 26.8 Å². The minimum atomic E-state index is -0.382. The second-order valence-electron chi connectivity index (χ2n) is 4.05. The topological polar surface area (TPSA) is 96.7 Å². The maximum atomic E-state index is 11.8. The summed E-state index contributed by atoms with van der Waals surface area (Å²) in [5.41, 5.74) is 5.90. The van der Waals surface area contributed by atoms with Gasteiger partial charge in [-0.1, -0.05) is 20.4 Å². The Morgan fingerprint density at radius 2 is 2.19 bits per heavy atom. The van der Waals surface area contributed by atoms with Crippen LogP contribution in [0.3, 0.4) is 0 Å². The van der Waals surface area contributed by atoms with Gasteiger partial charge in [-0.3, -0.25) is 4.79 Å². The maximum Gasteiger partial charge on any atom is 0.244 e. The Bertz CT molecular complexity index is 396. The van der Waals surface area contributed by atoms with Crippen molar-refractivity contribution in [3.05, 3.63) is 12.2 Å². The summed E-state index contributed by atoms with van der Waals surface area (Å²) in [5.74, 6) is 0.612. The summed E-state index contributed by atoms with van der Waals surface area (Å²) in [7, 11) is 0. The Labute approximate surface area is 94.3 Å². The Morgan fingerprint density at radius 1 is 1.56 bits per heavy atom. The molecule has 6 nitrogen and oxygen atoms in total. The van der Waals surface area contributed by atoms with E-state index >= 15 is 0 Å². The van der Waals surface area contributed by atoms with E-state index < -0.39 is 0 Å². The normalized spacial score (nSPS) is 12.5. The van der Waals surface area contributed by atoms with Crippen LogP contribution in [-0.2, 0) is 4.79 Å². The van der Waals surface area contributed by atoms with Gasteiger partial charge in [-0.2, -0.15) is 4.98 Å². The number of Topliss-reactive ketones (excluding diaryl/α,β-unsaturated/α-hetero) is 1. The van der Waals surface area contributed by atoms with E-state index in [9.17, 15) is 4.79 Å². The zero-order valence-electron chi connectivity index (χ0n) is 9.74. The number of nitrogens with one attached hydrogen (secondary N) is 2. The van der Waals surface area contributed by atoms with Crippen LogP contribution in [-0.4, -0.2) is 27.0 Å². The minimum Gasteiger partial charge on any atom is -0.368 e. The summed E-state index contributed by atoms with van der Waals surface area (Å²) in [5, 5.41) is 9.26. The molecule has 0 spiro atoms. The number of carbonyl (C=O) groups excluding carboxylic acids is 1. The highest BCUT2D eigenvalue weighted by Crippen LogP contribution is 2.12. The van der Waals surface area contributed by atoms with Crippen molar-refractivity contribution in [2.24, 2.45) is 5.92 Å². The number of aromatic amines is 1. The van der Waals surface area contributed by atoms with Crippen molar-refractivity contribution in [1.29, 1.82) is 0 Å². The standard InChI is InChI=1S/C10H17N5O/c1-5(2)7(8(16)6(3)4)12-10-13-9(11)14-15-10/h5,7H,3H2,1-2,4H3,(H4,11,12,13,14,15). The number of hydrogen-bond acceptors (Lipinski definition) is 5. The molecule has 1 aromatic rings. The first-order valence-corrected chi connectivity index (χ1v) is 5.06. The molecule has 1 atom stereocenters. The van der Waals surface area contributed by atoms with Crippen molar-refractivity contribution in [2.75, 3.05) is 11.1 Å². The molecule has 1 aromatic heterocycles. The Hall–Kier alpha value is -1.85. The predicted octanol–water partition coefficient (Wildman–Crippen LogP) is 0.969. The molecule has 0 saturated heterocycles. The summed E-state index contributed by atoms with van der Waals surface area (Å²) < 4.78 is 0. The molecule has 1 heterocycles. The lowest BCUT2D eigenvalue weighted by Crippen LogP contribution is -2.35. The molecule has 1 rings (SSSR count). The molecule has 0 aliphatic carbocycles. The molecule has 88 valence electrons. The van der Waals surface area contributed by atoms with E-state index in [-0.39, 0.29) is 23.7 Å². The zero-order chi connectivity index (χ0) is 12.3. The summed E-state index contributed by atoms with van der Waals surface area (Å²) in [6, 6.07) is -0.382. The van der Waals surface area contributed by atoms with E-state index in [0.29, 0.717) is 11.5 Å². The maximum absolute atomic E-state index is 11.8. The molecular weight excluding hydrogens is 206 g/mol. The number of ketones is 1. The highest BCUT2D eigenvalue weighted by Gasteiger charge is 2.23. The van der Waals surface area contributed by atoms with Crippen LogP contribution in [0.15, 0.2) is 12.2 Å². The van der Waals surface area contributed by atoms with Crippen LogP contribution in [0.25, 0.3) is 0 Å². The van der Waals surface area contributed by atoms with Gasteiger partial charge in [-0.05, 0) is 18.4 Å². The van der Waals surface area contributed by atoms with Crippen LogP contribution in [0.1, 0.15) is 20.8 Å². The first kappa shape index (κ1) is 12.2. The second kappa shape index (κ2) is 4.78. The summed E-state index contributed by atoms with van der Waals surface area (Å²) in [4.78, 5) is 15.7. The fraction of sp³-hybridized carbons (Fsp3) is 0.500. The molecule has 0 aromatic carbocycles. The summed E-state index contributed by atoms with van der Waals surface area (Å²) in [6.07, 6.45) is 0. The molecule has 0 saturated carbocycles. The molecular formula is C10H17N5O. The predicted molar refractivity (Wildman–Crippen MR) is 62.9 cm³/mol. The van der Waals surface area contributed by atoms with Crippen LogP contribution < -0.4 is 11.1 Å². The van der Waals surface area contributed by atoms with E-state index in [1.54, 1.807) is 6.92 Å². The molecule has 6 heteroatoms. The van der Waals surface area contributed by atoms with Crippen molar-refractivity contribution >= 4 is 17.7 Å². The minimum absolute atomic E-state index is 0.0432. The Kier molecular flexibility index (Phi) is 3.65. The van der Waals surface area contributed by atoms with Gasteiger partial charge in [0.05, 0.1) is 6.04 Å². The number of carbonyl (C=O) groups is 1. The zero-order valence-corrected chi connectivity index (χ0v) is 9.74. The third kappa shape index (κ3) is 2.82. The lowest BCUT2D eigenvalue weighted by molar-refractivity contribution is -0.117. The first-order chi connectivity index (χ1) is 7.41. The van der Waals surface area contributed by atoms with Crippen molar-refractivity contribution in [3.63, 3.8) is 0 Å². The Balaban J connectivity index is 2.80. The van der Waals surface area contributed by atoms with Crippen LogP contribution in [0, 0.1) is 5.92 Å². The number of anilines is 2. The SMILES string of the molecule is C=C(C)C(=O)C(Nc1n[nH]c(N)n1)C(C)C. The van der Waals surface area contributed by atoms with Gasteiger partial charge in [0, 0.05) is 0 Å². The number of H-pyrrole nitrogens is 1. The lowest BCUT2D eigenvalue weighted by atomic mass is 9.96.